The van der Waals surface area contributed by atoms with Gasteiger partial charge < -0.3 is 20.5 Å². The van der Waals surface area contributed by atoms with Crippen molar-refractivity contribution in [2.45, 2.75) is 6.92 Å². The van der Waals surface area contributed by atoms with Crippen molar-refractivity contribution in [3.05, 3.63) is 17.2 Å². The minimum absolute atomic E-state index is 0.0523. The van der Waals surface area contributed by atoms with Gasteiger partial charge in [0, 0.05) is 32.1 Å². The van der Waals surface area contributed by atoms with Gasteiger partial charge in [0.05, 0.1) is 24.9 Å². The van der Waals surface area contributed by atoms with Crippen molar-refractivity contribution in [3.8, 4) is 11.5 Å². The molecule has 0 aliphatic rings. The Morgan fingerprint density at radius 1 is 1.22 bits per heavy atom. The van der Waals surface area contributed by atoms with Crippen LogP contribution in [-0.2, 0) is 14.4 Å². The first kappa shape index (κ1) is 18.7. The third-order valence-corrected chi connectivity index (χ3v) is 3.19. The molecule has 0 spiro atoms. The number of nitrogens with two attached hydrogens (primary N) is 1. The van der Waals surface area contributed by atoms with Crippen LogP contribution >= 0.6 is 11.6 Å². The van der Waals surface area contributed by atoms with Gasteiger partial charge in [-0.05, 0) is 0 Å². The average Bonchev–Trinajstić information content (AvgIpc) is 2.52. The molecule has 3 amide bonds. The number of carbonyl (C=O) groups is 3. The Hall–Kier alpha value is -2.32. The molecule has 0 aromatic heterocycles. The molecule has 0 radical (unpaired) electrons. The van der Waals surface area contributed by atoms with E-state index < -0.39 is 17.7 Å². The van der Waals surface area contributed by atoms with E-state index in [1.807, 2.05) is 0 Å². The molecule has 0 aliphatic carbocycles. The first-order chi connectivity index (χ1) is 10.8. The number of benzene rings is 1. The second-order valence-electron chi connectivity index (χ2n) is 4.41. The van der Waals surface area contributed by atoms with Gasteiger partial charge in [-0.3, -0.25) is 19.3 Å². The molecule has 0 saturated carbocycles. The number of anilines is 1. The Morgan fingerprint density at radius 3 is 2.30 bits per heavy atom. The largest absolute Gasteiger partial charge is 0.495 e. The van der Waals surface area contributed by atoms with Crippen molar-refractivity contribution in [2.24, 2.45) is 5.73 Å². The van der Waals surface area contributed by atoms with E-state index in [2.05, 4.69) is 5.32 Å². The fourth-order valence-corrected chi connectivity index (χ4v) is 2.02. The van der Waals surface area contributed by atoms with E-state index in [1.165, 1.54) is 33.3 Å². The molecule has 0 fully saturated rings. The Balaban J connectivity index is 3.04. The summed E-state index contributed by atoms with van der Waals surface area (Å²) in [5.74, 6) is -2.06. The molecule has 0 saturated heterocycles. The number of hydrogen-bond donors (Lipinski definition) is 2. The highest BCUT2D eigenvalue weighted by Crippen LogP contribution is 2.35. The summed E-state index contributed by atoms with van der Waals surface area (Å²) in [5.41, 5.74) is 5.51. The summed E-state index contributed by atoms with van der Waals surface area (Å²) in [7, 11) is 2.79. The number of nitrogens with zero attached hydrogens (tertiary/aromatic N) is 1. The number of ether oxygens (including phenoxy) is 2. The van der Waals surface area contributed by atoms with Gasteiger partial charge in [0.1, 0.15) is 11.5 Å². The SMILES string of the molecule is COc1cc(NC(=O)C(=O)N(CCN)C(C)=O)c(OC)cc1Cl. The number of halogens is 1. The number of imide groups is 1. The number of rotatable bonds is 5. The highest BCUT2D eigenvalue weighted by Gasteiger charge is 2.25. The molecule has 0 aliphatic heterocycles. The molecule has 8 nitrogen and oxygen atoms in total. The van der Waals surface area contributed by atoms with E-state index in [0.29, 0.717) is 5.75 Å². The van der Waals surface area contributed by atoms with Crippen LogP contribution in [0.3, 0.4) is 0 Å². The smallest absolute Gasteiger partial charge is 0.318 e. The molecule has 0 unspecified atom stereocenters. The van der Waals surface area contributed by atoms with Crippen LogP contribution < -0.4 is 20.5 Å². The fourth-order valence-electron chi connectivity index (χ4n) is 1.79. The van der Waals surface area contributed by atoms with Gasteiger partial charge in [0.15, 0.2) is 0 Å². The lowest BCUT2D eigenvalue weighted by Gasteiger charge is -2.18. The molecule has 0 heterocycles. The molecule has 1 aromatic rings. The van der Waals surface area contributed by atoms with Gasteiger partial charge in [-0.15, -0.1) is 0 Å². The predicted octanol–water partition coefficient (Wildman–Crippen LogP) is 0.629. The summed E-state index contributed by atoms with van der Waals surface area (Å²) in [6.45, 7) is 1.17. The minimum atomic E-state index is -1.01. The quantitative estimate of drug-likeness (QED) is 0.758. The molecule has 126 valence electrons. The van der Waals surface area contributed by atoms with Gasteiger partial charge in [-0.1, -0.05) is 11.6 Å². The van der Waals surface area contributed by atoms with Gasteiger partial charge in [-0.2, -0.15) is 0 Å². The van der Waals surface area contributed by atoms with Crippen LogP contribution in [-0.4, -0.2) is 49.9 Å². The van der Waals surface area contributed by atoms with Crippen LogP contribution in [0.2, 0.25) is 5.02 Å². The number of hydrogen-bond acceptors (Lipinski definition) is 6. The zero-order chi connectivity index (χ0) is 17.6. The van der Waals surface area contributed by atoms with Crippen LogP contribution in [0.5, 0.6) is 11.5 Å². The van der Waals surface area contributed by atoms with E-state index in [4.69, 9.17) is 26.8 Å². The molecule has 1 rings (SSSR count). The van der Waals surface area contributed by atoms with Gasteiger partial charge >= 0.3 is 11.8 Å². The van der Waals surface area contributed by atoms with Crippen LogP contribution in [0.4, 0.5) is 5.69 Å². The Morgan fingerprint density at radius 2 is 1.83 bits per heavy atom. The monoisotopic (exact) mass is 343 g/mol. The second-order valence-corrected chi connectivity index (χ2v) is 4.81. The lowest BCUT2D eigenvalue weighted by molar-refractivity contribution is -0.149. The Kier molecular flexibility index (Phi) is 6.80. The number of nitrogens with one attached hydrogen (secondary N) is 1. The van der Waals surface area contributed by atoms with E-state index >= 15 is 0 Å². The predicted molar refractivity (Wildman–Crippen MR) is 84.6 cm³/mol. The third-order valence-electron chi connectivity index (χ3n) is 2.89. The first-order valence-electron chi connectivity index (χ1n) is 6.60. The molecule has 0 atom stereocenters. The van der Waals surface area contributed by atoms with Crippen molar-refractivity contribution in [1.29, 1.82) is 0 Å². The standard InChI is InChI=1S/C14H18ClN3O5/c1-8(19)18(5-4-16)14(21)13(20)17-10-7-11(22-2)9(15)6-12(10)23-3/h6-7H,4-5,16H2,1-3H3,(H,17,20). The van der Waals surface area contributed by atoms with E-state index in [9.17, 15) is 14.4 Å². The topological polar surface area (TPSA) is 111 Å². The van der Waals surface area contributed by atoms with Crippen molar-refractivity contribution < 1.29 is 23.9 Å². The Bertz CT molecular complexity index is 621. The van der Waals surface area contributed by atoms with E-state index in [1.54, 1.807) is 0 Å². The van der Waals surface area contributed by atoms with Crippen molar-refractivity contribution in [1.82, 2.24) is 4.90 Å². The van der Waals surface area contributed by atoms with E-state index in [0.717, 1.165) is 4.90 Å². The molecule has 9 heteroatoms. The summed E-state index contributed by atoms with van der Waals surface area (Å²) in [5, 5.41) is 2.65. The number of amides is 3. The van der Waals surface area contributed by atoms with Crippen LogP contribution in [0.1, 0.15) is 6.92 Å². The van der Waals surface area contributed by atoms with Gasteiger partial charge in [-0.25, -0.2) is 0 Å². The van der Waals surface area contributed by atoms with Crippen LogP contribution in [0.15, 0.2) is 12.1 Å². The molecule has 0 bridgehead atoms. The van der Waals surface area contributed by atoms with Gasteiger partial charge in [0.25, 0.3) is 0 Å². The number of carbonyl (C=O) groups excluding carboxylic acids is 3. The zero-order valence-corrected chi connectivity index (χ0v) is 13.8. The van der Waals surface area contributed by atoms with Crippen molar-refractivity contribution >= 4 is 35.0 Å². The summed E-state index contributed by atoms with van der Waals surface area (Å²) in [6.07, 6.45) is 0. The minimum Gasteiger partial charge on any atom is -0.495 e. The molecule has 23 heavy (non-hydrogen) atoms. The molecule has 3 N–H and O–H groups in total. The van der Waals surface area contributed by atoms with Crippen LogP contribution in [0, 0.1) is 0 Å². The van der Waals surface area contributed by atoms with Crippen molar-refractivity contribution in [3.63, 3.8) is 0 Å². The van der Waals surface area contributed by atoms with Crippen molar-refractivity contribution in [2.75, 3.05) is 32.6 Å². The maximum Gasteiger partial charge on any atom is 0.318 e. The maximum atomic E-state index is 12.1. The zero-order valence-electron chi connectivity index (χ0n) is 13.0. The maximum absolute atomic E-state index is 12.1. The molecular weight excluding hydrogens is 326 g/mol. The average molecular weight is 344 g/mol. The Labute approximate surface area is 138 Å². The molecule has 1 aromatic carbocycles. The summed E-state index contributed by atoms with van der Waals surface area (Å²) < 4.78 is 10.1. The second kappa shape index (κ2) is 8.35. The lowest BCUT2D eigenvalue weighted by atomic mass is 10.2. The molecular formula is C14H18ClN3O5. The first-order valence-corrected chi connectivity index (χ1v) is 6.98. The van der Waals surface area contributed by atoms with Gasteiger partial charge in [0.2, 0.25) is 5.91 Å². The summed E-state index contributed by atoms with van der Waals surface area (Å²) >= 11 is 5.96. The van der Waals surface area contributed by atoms with E-state index in [-0.39, 0.29) is 29.5 Å². The fraction of sp³-hybridized carbons (Fsp3) is 0.357. The van der Waals surface area contributed by atoms with Crippen LogP contribution in [0.25, 0.3) is 0 Å². The highest BCUT2D eigenvalue weighted by molar-refractivity contribution is 6.42. The lowest BCUT2D eigenvalue weighted by Crippen LogP contribution is -2.44. The number of methoxy groups -OCH3 is 2. The summed E-state index contributed by atoms with van der Waals surface area (Å²) in [4.78, 5) is 36.3. The third kappa shape index (κ3) is 4.57. The highest BCUT2D eigenvalue weighted by atomic mass is 35.5. The summed E-state index contributed by atoms with van der Waals surface area (Å²) in [6, 6.07) is 2.84. The normalized spacial score (nSPS) is 9.96.